The van der Waals surface area contributed by atoms with E-state index in [-0.39, 0.29) is 12.7 Å². The second kappa shape index (κ2) is 10.0. The van der Waals surface area contributed by atoms with Crippen LogP contribution in [0.15, 0.2) is 23.1 Å². The molecule has 1 aliphatic carbocycles. The fraction of sp³-hybridized carbons (Fsp3) is 0.619. The molecule has 0 amide bonds. The Kier molecular flexibility index (Phi) is 8.02. The second-order valence-corrected chi connectivity index (χ2v) is 8.38. The lowest BCUT2D eigenvalue weighted by molar-refractivity contribution is -0.159. The van der Waals surface area contributed by atoms with Crippen LogP contribution >= 0.6 is 11.8 Å². The van der Waals surface area contributed by atoms with Crippen molar-refractivity contribution in [2.24, 2.45) is 17.8 Å². The van der Waals surface area contributed by atoms with Crippen LogP contribution in [-0.2, 0) is 14.3 Å². The average Bonchev–Trinajstić information content (AvgIpc) is 2.65. The number of rotatable bonds is 7. The van der Waals surface area contributed by atoms with E-state index in [2.05, 4.69) is 20.8 Å². The van der Waals surface area contributed by atoms with Gasteiger partial charge in [0.1, 0.15) is 17.4 Å². The van der Waals surface area contributed by atoms with E-state index in [1.54, 1.807) is 23.9 Å². The van der Waals surface area contributed by atoms with Crippen LogP contribution in [0.2, 0.25) is 0 Å². The Bertz CT molecular complexity index is 658. The molecule has 0 N–H and O–H groups in total. The zero-order valence-electron chi connectivity index (χ0n) is 16.8. The molecule has 1 saturated carbocycles. The van der Waals surface area contributed by atoms with Gasteiger partial charge in [0.25, 0.3) is 0 Å². The van der Waals surface area contributed by atoms with Crippen molar-refractivity contribution in [3.05, 3.63) is 23.8 Å². The van der Waals surface area contributed by atoms with Crippen LogP contribution in [0.1, 0.15) is 50.4 Å². The van der Waals surface area contributed by atoms with Gasteiger partial charge in [0.15, 0.2) is 6.61 Å². The van der Waals surface area contributed by atoms with Crippen molar-refractivity contribution >= 4 is 23.7 Å². The first-order valence-corrected chi connectivity index (χ1v) is 10.7. The van der Waals surface area contributed by atoms with Gasteiger partial charge in [-0.05, 0) is 55.1 Å². The Labute approximate surface area is 166 Å². The van der Waals surface area contributed by atoms with Crippen LogP contribution in [0.4, 0.5) is 0 Å². The van der Waals surface area contributed by atoms with Crippen LogP contribution in [0.3, 0.4) is 0 Å². The number of carbonyl (C=O) groups excluding carboxylic acids is 2. The van der Waals surface area contributed by atoms with Gasteiger partial charge < -0.3 is 14.2 Å². The first-order valence-electron chi connectivity index (χ1n) is 9.44. The normalized spacial score (nSPS) is 22.4. The number of benzene rings is 1. The minimum atomic E-state index is -0.589. The predicted molar refractivity (Wildman–Crippen MR) is 106 cm³/mol. The molecule has 27 heavy (non-hydrogen) atoms. The van der Waals surface area contributed by atoms with E-state index in [0.717, 1.165) is 24.2 Å². The van der Waals surface area contributed by atoms with E-state index < -0.39 is 11.9 Å². The van der Waals surface area contributed by atoms with Crippen LogP contribution in [-0.4, -0.2) is 38.0 Å². The molecule has 6 heteroatoms. The van der Waals surface area contributed by atoms with Crippen molar-refractivity contribution in [2.45, 2.75) is 51.0 Å². The third kappa shape index (κ3) is 5.89. The number of esters is 2. The monoisotopic (exact) mass is 394 g/mol. The second-order valence-electron chi connectivity index (χ2n) is 7.50. The van der Waals surface area contributed by atoms with Gasteiger partial charge in [0.05, 0.1) is 7.11 Å². The summed E-state index contributed by atoms with van der Waals surface area (Å²) in [7, 11) is 1.50. The maximum absolute atomic E-state index is 12.3. The number of hydrogen-bond acceptors (Lipinski definition) is 6. The highest BCUT2D eigenvalue weighted by Gasteiger charge is 2.33. The van der Waals surface area contributed by atoms with Gasteiger partial charge in [0, 0.05) is 4.90 Å². The number of carbonyl (C=O) groups is 2. The first kappa shape index (κ1) is 21.6. The summed E-state index contributed by atoms with van der Waals surface area (Å²) in [5.41, 5.74) is 0.300. The molecule has 0 spiro atoms. The molecule has 0 aliphatic heterocycles. The molecule has 0 aromatic heterocycles. The highest BCUT2D eigenvalue weighted by molar-refractivity contribution is 7.98. The molecule has 0 unspecified atom stereocenters. The Hall–Kier alpha value is -1.69. The highest BCUT2D eigenvalue weighted by atomic mass is 32.2. The van der Waals surface area contributed by atoms with Crippen LogP contribution in [0, 0.1) is 17.8 Å². The predicted octanol–water partition coefficient (Wildman–Crippen LogP) is 4.58. The summed E-state index contributed by atoms with van der Waals surface area (Å²) in [4.78, 5) is 25.6. The molecule has 1 fully saturated rings. The van der Waals surface area contributed by atoms with E-state index in [1.165, 1.54) is 7.11 Å². The number of methoxy groups -OCH3 is 1. The SMILES string of the molecule is COc1cc(SC)ccc1C(=O)OCC(=O)O[C@H]1C[C@@H](C)CC[C@@H]1C(C)C. The van der Waals surface area contributed by atoms with Gasteiger partial charge in [-0.25, -0.2) is 9.59 Å². The number of hydrogen-bond donors (Lipinski definition) is 0. The van der Waals surface area contributed by atoms with Gasteiger partial charge in [-0.3, -0.25) is 0 Å². The molecular weight excluding hydrogens is 364 g/mol. The van der Waals surface area contributed by atoms with Crippen molar-refractivity contribution < 1.29 is 23.8 Å². The smallest absolute Gasteiger partial charge is 0.344 e. The Morgan fingerprint density at radius 3 is 2.63 bits per heavy atom. The maximum atomic E-state index is 12.3. The maximum Gasteiger partial charge on any atom is 0.344 e. The largest absolute Gasteiger partial charge is 0.496 e. The van der Waals surface area contributed by atoms with Gasteiger partial charge >= 0.3 is 11.9 Å². The van der Waals surface area contributed by atoms with Gasteiger partial charge in [-0.15, -0.1) is 11.8 Å². The summed E-state index contributed by atoms with van der Waals surface area (Å²) in [6.45, 7) is 6.11. The fourth-order valence-electron chi connectivity index (χ4n) is 3.62. The van der Waals surface area contributed by atoms with Crippen molar-refractivity contribution in [1.82, 2.24) is 0 Å². The molecule has 150 valence electrons. The third-order valence-corrected chi connectivity index (χ3v) is 5.92. The summed E-state index contributed by atoms with van der Waals surface area (Å²) >= 11 is 1.55. The summed E-state index contributed by atoms with van der Waals surface area (Å²) in [5.74, 6) is 0.708. The fourth-order valence-corrected chi connectivity index (χ4v) is 4.05. The average molecular weight is 395 g/mol. The van der Waals surface area contributed by atoms with E-state index in [1.807, 2.05) is 12.3 Å². The molecule has 1 aliphatic rings. The van der Waals surface area contributed by atoms with E-state index in [4.69, 9.17) is 14.2 Å². The van der Waals surface area contributed by atoms with E-state index >= 15 is 0 Å². The van der Waals surface area contributed by atoms with Crippen LogP contribution in [0.5, 0.6) is 5.75 Å². The lowest BCUT2D eigenvalue weighted by atomic mass is 9.75. The minimum absolute atomic E-state index is 0.102. The Balaban J connectivity index is 1.93. The van der Waals surface area contributed by atoms with Crippen molar-refractivity contribution in [2.75, 3.05) is 20.0 Å². The standard InChI is InChI=1S/C21H30O5S/c1-13(2)16-8-6-14(3)10-19(16)26-20(22)12-25-21(23)17-9-7-15(27-5)11-18(17)24-4/h7,9,11,13-14,16,19H,6,8,10,12H2,1-5H3/t14-,16+,19-/m0/s1. The number of ether oxygens (including phenoxy) is 3. The van der Waals surface area contributed by atoms with E-state index in [9.17, 15) is 9.59 Å². The lowest BCUT2D eigenvalue weighted by Gasteiger charge is -2.36. The molecule has 0 saturated heterocycles. The lowest BCUT2D eigenvalue weighted by Crippen LogP contribution is -2.36. The summed E-state index contributed by atoms with van der Waals surface area (Å²) in [5, 5.41) is 0. The third-order valence-electron chi connectivity index (χ3n) is 5.19. The first-order chi connectivity index (χ1) is 12.8. The summed E-state index contributed by atoms with van der Waals surface area (Å²) < 4.78 is 16.1. The van der Waals surface area contributed by atoms with Crippen molar-refractivity contribution in [1.29, 1.82) is 0 Å². The van der Waals surface area contributed by atoms with Gasteiger partial charge in [0.2, 0.25) is 0 Å². The topological polar surface area (TPSA) is 61.8 Å². The zero-order valence-corrected chi connectivity index (χ0v) is 17.6. The molecule has 0 heterocycles. The molecule has 5 nitrogen and oxygen atoms in total. The van der Waals surface area contributed by atoms with Crippen molar-refractivity contribution in [3.8, 4) is 5.75 Å². The van der Waals surface area contributed by atoms with Crippen molar-refractivity contribution in [3.63, 3.8) is 0 Å². The molecule has 2 rings (SSSR count). The molecule has 3 atom stereocenters. The van der Waals surface area contributed by atoms with Crippen LogP contribution < -0.4 is 4.74 Å². The molecule has 0 radical (unpaired) electrons. The zero-order chi connectivity index (χ0) is 20.0. The number of thioether (sulfide) groups is 1. The van der Waals surface area contributed by atoms with E-state index in [0.29, 0.717) is 29.1 Å². The Morgan fingerprint density at radius 2 is 2.00 bits per heavy atom. The highest BCUT2D eigenvalue weighted by Crippen LogP contribution is 2.35. The summed E-state index contributed by atoms with van der Waals surface area (Å²) in [6.07, 6.45) is 4.94. The minimum Gasteiger partial charge on any atom is -0.496 e. The Morgan fingerprint density at radius 1 is 1.26 bits per heavy atom. The summed E-state index contributed by atoms with van der Waals surface area (Å²) in [6, 6.07) is 5.24. The molecular formula is C21H30O5S. The van der Waals surface area contributed by atoms with Gasteiger partial charge in [-0.2, -0.15) is 0 Å². The molecule has 1 aromatic carbocycles. The molecule has 0 bridgehead atoms. The molecule has 1 aromatic rings. The van der Waals surface area contributed by atoms with Crippen LogP contribution in [0.25, 0.3) is 0 Å². The van der Waals surface area contributed by atoms with Gasteiger partial charge in [-0.1, -0.05) is 27.2 Å². The quantitative estimate of drug-likeness (QED) is 0.498.